The molecule has 0 bridgehead atoms. The fourth-order valence-corrected chi connectivity index (χ4v) is 0.763. The molecule has 0 fully saturated rings. The van der Waals surface area contributed by atoms with Crippen LogP contribution in [0.1, 0.15) is 27.7 Å². The summed E-state index contributed by atoms with van der Waals surface area (Å²) < 4.78 is 58.9. The Labute approximate surface area is 102 Å². The van der Waals surface area contributed by atoms with E-state index >= 15 is 0 Å². The second-order valence-corrected chi connectivity index (χ2v) is 5.82. The van der Waals surface area contributed by atoms with Crippen molar-refractivity contribution < 1.29 is 26.1 Å². The van der Waals surface area contributed by atoms with Crippen LogP contribution in [0.25, 0.3) is 0 Å². The number of hydrogen-bond acceptors (Lipinski definition) is 3. The van der Waals surface area contributed by atoms with Crippen LogP contribution in [0.2, 0.25) is 12.6 Å². The van der Waals surface area contributed by atoms with Crippen LogP contribution >= 0.6 is 0 Å². The zero-order valence-corrected chi connectivity index (χ0v) is 11.2. The first kappa shape index (κ1) is 19.1. The minimum Gasteiger partial charge on any atom is -0.741 e. The van der Waals surface area contributed by atoms with Gasteiger partial charge >= 0.3 is 65.0 Å². The number of rotatable bonds is 4. The molecule has 0 rings (SSSR count). The Balaban J connectivity index is 0. The first-order chi connectivity index (χ1) is 7.38. The first-order valence-electron chi connectivity index (χ1n) is 5.21. The van der Waals surface area contributed by atoms with Gasteiger partial charge in [0.1, 0.15) is 0 Å². The predicted molar refractivity (Wildman–Crippen MR) is 60.8 cm³/mol. The summed E-state index contributed by atoms with van der Waals surface area (Å²) in [6.07, 6.45) is 2.55. The number of halogens is 3. The van der Waals surface area contributed by atoms with Crippen LogP contribution in [0.3, 0.4) is 0 Å². The molecule has 102 valence electrons. The van der Waals surface area contributed by atoms with Crippen molar-refractivity contribution in [1.82, 2.24) is 0 Å². The summed E-state index contributed by atoms with van der Waals surface area (Å²) in [5.74, 6) is 1.67. The van der Waals surface area contributed by atoms with E-state index in [-0.39, 0.29) is 0 Å². The Morgan fingerprint density at radius 3 is 1.41 bits per heavy atom. The van der Waals surface area contributed by atoms with Gasteiger partial charge in [0.2, 0.25) is 0 Å². The van der Waals surface area contributed by atoms with Gasteiger partial charge in [-0.1, -0.05) is 0 Å². The van der Waals surface area contributed by atoms with Crippen LogP contribution in [0.15, 0.2) is 0 Å². The zero-order valence-electron chi connectivity index (χ0n) is 10.4. The van der Waals surface area contributed by atoms with Crippen molar-refractivity contribution in [2.24, 2.45) is 11.8 Å². The molecule has 0 unspecified atom stereocenters. The molecule has 0 saturated carbocycles. The van der Waals surface area contributed by atoms with Crippen molar-refractivity contribution in [2.75, 3.05) is 0 Å². The van der Waals surface area contributed by atoms with Crippen LogP contribution in [-0.4, -0.2) is 25.8 Å². The van der Waals surface area contributed by atoms with E-state index in [0.717, 1.165) is 11.8 Å². The maximum absolute atomic E-state index is 10.7. The first-order valence-corrected chi connectivity index (χ1v) is 6.62. The molecule has 0 spiro atoms. The van der Waals surface area contributed by atoms with Gasteiger partial charge in [-0.05, 0) is 0 Å². The minimum atomic E-state index is -6.09. The van der Waals surface area contributed by atoms with Crippen molar-refractivity contribution in [3.8, 4) is 0 Å². The molecule has 0 N–H and O–H groups in total. The maximum atomic E-state index is 10.7. The van der Waals surface area contributed by atoms with Gasteiger partial charge in [-0.15, -0.1) is 0 Å². The molecule has 0 saturated heterocycles. The third-order valence-electron chi connectivity index (χ3n) is 1.56. The predicted octanol–water partition coefficient (Wildman–Crippen LogP) is 2.89. The zero-order chi connectivity index (χ0) is 14.3. The molecule has 0 heterocycles. The van der Waals surface area contributed by atoms with Gasteiger partial charge in [0.05, 0.1) is 0 Å². The topological polar surface area (TPSA) is 57.2 Å². The van der Waals surface area contributed by atoms with Gasteiger partial charge < -0.3 is 4.55 Å². The summed E-state index contributed by atoms with van der Waals surface area (Å²) in [5, 5.41) is 0. The summed E-state index contributed by atoms with van der Waals surface area (Å²) >= 11 is 0. The molecule has 0 aliphatic rings. The van der Waals surface area contributed by atoms with Crippen LogP contribution in [0.4, 0.5) is 13.2 Å². The third kappa shape index (κ3) is 13.7. The molecule has 0 amide bonds. The van der Waals surface area contributed by atoms with Gasteiger partial charge in [0.15, 0.2) is 10.1 Å². The van der Waals surface area contributed by atoms with Gasteiger partial charge in [-0.25, -0.2) is 8.42 Å². The summed E-state index contributed by atoms with van der Waals surface area (Å²) in [6, 6.07) is 0. The molecule has 0 aromatic carbocycles. The van der Waals surface area contributed by atoms with E-state index < -0.39 is 15.6 Å². The standard InChI is InChI=1S/C8H18B.CHF3O3S/c1-7(2)5-9-6-8(3)4;2-1(3,4)8(5,6)7/h7-8H,5-6H2,1-4H3;(H,5,6,7)/q+1;/p-1. The smallest absolute Gasteiger partial charge is 0.485 e. The van der Waals surface area contributed by atoms with E-state index in [1.165, 1.54) is 12.6 Å². The second kappa shape index (κ2) is 7.97. The average Bonchev–Trinajstić information content (AvgIpc) is 1.99. The second-order valence-electron chi connectivity index (χ2n) is 4.45. The quantitative estimate of drug-likeness (QED) is 0.450. The Hall–Kier alpha value is -0.235. The Morgan fingerprint density at radius 2 is 1.29 bits per heavy atom. The van der Waals surface area contributed by atoms with Crippen LogP contribution in [-0.2, 0) is 10.1 Å². The normalized spacial score (nSPS) is 12.1. The van der Waals surface area contributed by atoms with E-state index in [4.69, 9.17) is 13.0 Å². The van der Waals surface area contributed by atoms with E-state index in [1.54, 1.807) is 0 Å². The van der Waals surface area contributed by atoms with Gasteiger partial charge in [0.25, 0.3) is 0 Å². The SMILES string of the molecule is CC(C)C[B+]CC(C)C.O=S(=O)([O-])C(F)(F)F. The van der Waals surface area contributed by atoms with E-state index in [9.17, 15) is 13.2 Å². The molecular weight excluding hydrogens is 256 g/mol. The summed E-state index contributed by atoms with van der Waals surface area (Å²) in [7, 11) is -3.69. The fourth-order valence-electron chi connectivity index (χ4n) is 0.763. The number of alkyl halides is 3. The largest absolute Gasteiger partial charge is 0.741 e. The monoisotopic (exact) mass is 274 g/mol. The van der Waals surface area contributed by atoms with E-state index in [0.29, 0.717) is 0 Å². The summed E-state index contributed by atoms with van der Waals surface area (Å²) in [5.41, 5.74) is -5.65. The third-order valence-corrected chi connectivity index (χ3v) is 2.13. The molecule has 17 heavy (non-hydrogen) atoms. The minimum absolute atomic E-state index is 0.837. The van der Waals surface area contributed by atoms with Crippen molar-refractivity contribution in [3.63, 3.8) is 0 Å². The number of hydrogen-bond donors (Lipinski definition) is 0. The molecule has 8 heteroatoms. The van der Waals surface area contributed by atoms with Gasteiger partial charge in [0, 0.05) is 0 Å². The molecule has 0 atom stereocenters. The Morgan fingerprint density at radius 1 is 1.06 bits per heavy atom. The maximum Gasteiger partial charge on any atom is 0.485 e. The van der Waals surface area contributed by atoms with E-state index in [1.807, 2.05) is 0 Å². The Bertz CT molecular complexity index is 278. The Kier molecular flexibility index (Phi) is 8.96. The molecule has 0 aliphatic heterocycles. The van der Waals surface area contributed by atoms with Gasteiger partial charge in [-0.2, -0.15) is 13.2 Å². The van der Waals surface area contributed by atoms with Crippen LogP contribution in [0, 0.1) is 11.8 Å². The van der Waals surface area contributed by atoms with Crippen LogP contribution in [0.5, 0.6) is 0 Å². The molecule has 3 nitrogen and oxygen atoms in total. The average molecular weight is 274 g/mol. The summed E-state index contributed by atoms with van der Waals surface area (Å²) in [6.45, 7) is 9.04. The van der Waals surface area contributed by atoms with Crippen molar-refractivity contribution in [1.29, 1.82) is 0 Å². The molecular formula is C9H18BF3O3S. The molecule has 0 aromatic heterocycles. The van der Waals surface area contributed by atoms with Gasteiger partial charge in [-0.3, -0.25) is 0 Å². The van der Waals surface area contributed by atoms with Crippen molar-refractivity contribution in [3.05, 3.63) is 0 Å². The molecule has 0 aromatic rings. The van der Waals surface area contributed by atoms with Crippen molar-refractivity contribution >= 4 is 17.4 Å². The van der Waals surface area contributed by atoms with Crippen LogP contribution < -0.4 is 0 Å². The van der Waals surface area contributed by atoms with E-state index in [2.05, 4.69) is 35.0 Å². The summed E-state index contributed by atoms with van der Waals surface area (Å²) in [4.78, 5) is 0. The fraction of sp³-hybridized carbons (Fsp3) is 1.00. The molecule has 0 radical (unpaired) electrons. The van der Waals surface area contributed by atoms with Crippen molar-refractivity contribution in [2.45, 2.75) is 45.8 Å². The molecule has 0 aliphatic carbocycles.